The van der Waals surface area contributed by atoms with E-state index in [0.29, 0.717) is 50.6 Å². The number of benzene rings is 1. The number of rotatable bonds is 8. The number of hydrogen-bond donors (Lipinski definition) is 2. The molecule has 2 unspecified atom stereocenters. The number of likely N-dealkylation sites (tertiary alicyclic amines) is 1. The van der Waals surface area contributed by atoms with Gasteiger partial charge in [0.25, 0.3) is 0 Å². The monoisotopic (exact) mass is 378 g/mol. The SMILES string of the molecule is CCOc1ccc(CCNC(=O)N2CC(C)CC(C(=O)O)C2)cc1OCC. The van der Waals surface area contributed by atoms with E-state index in [1.807, 2.05) is 39.0 Å². The zero-order valence-corrected chi connectivity index (χ0v) is 16.4. The van der Waals surface area contributed by atoms with Crippen LogP contribution in [0.5, 0.6) is 11.5 Å². The molecule has 0 saturated carbocycles. The van der Waals surface area contributed by atoms with Crippen LogP contribution in [0.2, 0.25) is 0 Å². The van der Waals surface area contributed by atoms with Crippen molar-refractivity contribution in [3.63, 3.8) is 0 Å². The maximum atomic E-state index is 12.4. The molecule has 7 nitrogen and oxygen atoms in total. The summed E-state index contributed by atoms with van der Waals surface area (Å²) in [7, 11) is 0. The summed E-state index contributed by atoms with van der Waals surface area (Å²) >= 11 is 0. The van der Waals surface area contributed by atoms with Crippen LogP contribution in [0.4, 0.5) is 4.79 Å². The van der Waals surface area contributed by atoms with Crippen molar-refractivity contribution in [3.05, 3.63) is 23.8 Å². The smallest absolute Gasteiger partial charge is 0.317 e. The first-order chi connectivity index (χ1) is 12.9. The van der Waals surface area contributed by atoms with E-state index in [-0.39, 0.29) is 18.5 Å². The molecule has 0 spiro atoms. The Balaban J connectivity index is 1.88. The summed E-state index contributed by atoms with van der Waals surface area (Å²) in [6.07, 6.45) is 1.27. The summed E-state index contributed by atoms with van der Waals surface area (Å²) in [4.78, 5) is 25.2. The lowest BCUT2D eigenvalue weighted by Gasteiger charge is -2.34. The van der Waals surface area contributed by atoms with Crippen molar-refractivity contribution in [1.29, 1.82) is 0 Å². The number of carboxylic acid groups (broad SMARTS) is 1. The predicted octanol–water partition coefficient (Wildman–Crippen LogP) is 2.78. The molecule has 27 heavy (non-hydrogen) atoms. The number of carboxylic acids is 1. The van der Waals surface area contributed by atoms with E-state index >= 15 is 0 Å². The third kappa shape index (κ3) is 6.05. The topological polar surface area (TPSA) is 88.1 Å². The summed E-state index contributed by atoms with van der Waals surface area (Å²) in [5.74, 6) is 0.286. The third-order valence-electron chi connectivity index (χ3n) is 4.59. The Morgan fingerprint density at radius 1 is 1.19 bits per heavy atom. The Hall–Kier alpha value is -2.44. The lowest BCUT2D eigenvalue weighted by atomic mass is 9.91. The third-order valence-corrected chi connectivity index (χ3v) is 4.59. The van der Waals surface area contributed by atoms with E-state index in [4.69, 9.17) is 9.47 Å². The molecule has 1 fully saturated rings. The first kappa shape index (κ1) is 20.9. The van der Waals surface area contributed by atoms with Crippen LogP contribution in [0.3, 0.4) is 0 Å². The number of piperidine rings is 1. The summed E-state index contributed by atoms with van der Waals surface area (Å²) in [5, 5.41) is 12.1. The van der Waals surface area contributed by atoms with Gasteiger partial charge in [0, 0.05) is 19.6 Å². The Kier molecular flexibility index (Phi) is 7.76. The number of amides is 2. The van der Waals surface area contributed by atoms with Crippen LogP contribution < -0.4 is 14.8 Å². The van der Waals surface area contributed by atoms with Crippen molar-refractivity contribution in [2.75, 3.05) is 32.8 Å². The number of aliphatic carboxylic acids is 1. The average Bonchev–Trinajstić information content (AvgIpc) is 2.63. The zero-order valence-electron chi connectivity index (χ0n) is 16.4. The highest BCUT2D eigenvalue weighted by molar-refractivity contribution is 5.76. The molecule has 2 rings (SSSR count). The quantitative estimate of drug-likeness (QED) is 0.726. The van der Waals surface area contributed by atoms with Gasteiger partial charge in [0.15, 0.2) is 11.5 Å². The highest BCUT2D eigenvalue weighted by atomic mass is 16.5. The lowest BCUT2D eigenvalue weighted by molar-refractivity contribution is -0.143. The molecule has 1 saturated heterocycles. The van der Waals surface area contributed by atoms with Gasteiger partial charge in [-0.25, -0.2) is 4.79 Å². The van der Waals surface area contributed by atoms with E-state index in [0.717, 1.165) is 5.56 Å². The summed E-state index contributed by atoms with van der Waals surface area (Å²) in [5.41, 5.74) is 1.04. The number of ether oxygens (including phenoxy) is 2. The van der Waals surface area contributed by atoms with Crippen LogP contribution in [0.25, 0.3) is 0 Å². The minimum Gasteiger partial charge on any atom is -0.490 e. The van der Waals surface area contributed by atoms with Crippen molar-refractivity contribution < 1.29 is 24.2 Å². The lowest BCUT2D eigenvalue weighted by Crippen LogP contribution is -2.49. The molecule has 1 aliphatic heterocycles. The summed E-state index contributed by atoms with van der Waals surface area (Å²) in [6, 6.07) is 5.58. The molecule has 0 radical (unpaired) electrons. The van der Waals surface area contributed by atoms with E-state index in [1.165, 1.54) is 0 Å². The van der Waals surface area contributed by atoms with Crippen LogP contribution in [0.15, 0.2) is 18.2 Å². The van der Waals surface area contributed by atoms with Gasteiger partial charge in [-0.2, -0.15) is 0 Å². The standard InChI is InChI=1S/C20H30N2O5/c1-4-26-17-7-6-15(11-18(17)27-5-2)8-9-21-20(25)22-12-14(3)10-16(13-22)19(23)24/h6-7,11,14,16H,4-5,8-10,12-13H2,1-3H3,(H,21,25)(H,23,24). The molecule has 2 amide bonds. The molecule has 7 heteroatoms. The van der Waals surface area contributed by atoms with Crippen molar-refractivity contribution in [2.24, 2.45) is 11.8 Å². The molecule has 1 aliphatic rings. The summed E-state index contributed by atoms with van der Waals surface area (Å²) < 4.78 is 11.2. The highest BCUT2D eigenvalue weighted by Gasteiger charge is 2.31. The fraction of sp³-hybridized carbons (Fsp3) is 0.600. The Morgan fingerprint density at radius 3 is 2.56 bits per heavy atom. The van der Waals surface area contributed by atoms with Crippen LogP contribution >= 0.6 is 0 Å². The zero-order chi connectivity index (χ0) is 19.8. The van der Waals surface area contributed by atoms with Gasteiger partial charge in [-0.05, 0) is 50.3 Å². The first-order valence-corrected chi connectivity index (χ1v) is 9.58. The molecule has 0 aliphatic carbocycles. The number of carbonyl (C=O) groups excluding carboxylic acids is 1. The van der Waals surface area contributed by atoms with Crippen molar-refractivity contribution in [3.8, 4) is 11.5 Å². The second-order valence-corrected chi connectivity index (χ2v) is 6.91. The van der Waals surface area contributed by atoms with E-state index < -0.39 is 11.9 Å². The van der Waals surface area contributed by atoms with Gasteiger partial charge >= 0.3 is 12.0 Å². The van der Waals surface area contributed by atoms with Crippen molar-refractivity contribution in [1.82, 2.24) is 10.2 Å². The fourth-order valence-corrected chi connectivity index (χ4v) is 3.37. The maximum Gasteiger partial charge on any atom is 0.317 e. The minimum atomic E-state index is -0.836. The number of nitrogens with zero attached hydrogens (tertiary/aromatic N) is 1. The molecule has 1 aromatic carbocycles. The maximum absolute atomic E-state index is 12.4. The van der Waals surface area contributed by atoms with Crippen LogP contribution in [0.1, 0.15) is 32.8 Å². The highest BCUT2D eigenvalue weighted by Crippen LogP contribution is 2.28. The molecule has 0 aromatic heterocycles. The second kappa shape index (κ2) is 10.0. The largest absolute Gasteiger partial charge is 0.490 e. The van der Waals surface area contributed by atoms with Gasteiger partial charge in [-0.15, -0.1) is 0 Å². The van der Waals surface area contributed by atoms with Crippen LogP contribution in [0, 0.1) is 11.8 Å². The molecular formula is C20H30N2O5. The number of hydrogen-bond acceptors (Lipinski definition) is 4. The van der Waals surface area contributed by atoms with Gasteiger partial charge in [-0.3, -0.25) is 4.79 Å². The number of nitrogens with one attached hydrogen (secondary N) is 1. The second-order valence-electron chi connectivity index (χ2n) is 6.91. The Labute approximate surface area is 160 Å². The Morgan fingerprint density at radius 2 is 1.89 bits per heavy atom. The minimum absolute atomic E-state index is 0.186. The molecule has 0 bridgehead atoms. The molecule has 2 atom stereocenters. The predicted molar refractivity (Wildman–Crippen MR) is 102 cm³/mol. The molecule has 2 N–H and O–H groups in total. The first-order valence-electron chi connectivity index (χ1n) is 9.58. The van der Waals surface area contributed by atoms with Gasteiger partial charge in [0.2, 0.25) is 0 Å². The van der Waals surface area contributed by atoms with Gasteiger partial charge in [-0.1, -0.05) is 13.0 Å². The van der Waals surface area contributed by atoms with Crippen LogP contribution in [-0.2, 0) is 11.2 Å². The average molecular weight is 378 g/mol. The van der Waals surface area contributed by atoms with Gasteiger partial charge < -0.3 is 24.8 Å². The van der Waals surface area contributed by atoms with Gasteiger partial charge in [0.1, 0.15) is 0 Å². The molecule has 150 valence electrons. The van der Waals surface area contributed by atoms with E-state index in [9.17, 15) is 14.7 Å². The van der Waals surface area contributed by atoms with Crippen molar-refractivity contribution >= 4 is 12.0 Å². The fourth-order valence-electron chi connectivity index (χ4n) is 3.37. The summed E-state index contributed by atoms with van der Waals surface area (Å²) in [6.45, 7) is 8.28. The molecule has 1 aromatic rings. The van der Waals surface area contributed by atoms with Crippen molar-refractivity contribution in [2.45, 2.75) is 33.6 Å². The number of urea groups is 1. The Bertz CT molecular complexity index is 649. The normalized spacial score (nSPS) is 19.4. The van der Waals surface area contributed by atoms with E-state index in [2.05, 4.69) is 5.32 Å². The molecule has 1 heterocycles. The molecular weight excluding hydrogens is 348 g/mol. The number of carbonyl (C=O) groups is 2. The van der Waals surface area contributed by atoms with E-state index in [1.54, 1.807) is 4.90 Å². The van der Waals surface area contributed by atoms with Gasteiger partial charge in [0.05, 0.1) is 19.1 Å². The van der Waals surface area contributed by atoms with Crippen LogP contribution in [-0.4, -0.2) is 54.9 Å².